The Morgan fingerprint density at radius 2 is 2.36 bits per heavy atom. The van der Waals surface area contributed by atoms with Crippen molar-refractivity contribution in [3.8, 4) is 5.75 Å². The third-order valence-corrected chi connectivity index (χ3v) is 4.17. The number of benzene rings is 1. The van der Waals surface area contributed by atoms with Crippen LogP contribution in [0.15, 0.2) is 36.7 Å². The molecule has 8 heteroatoms. The second kappa shape index (κ2) is 6.21. The van der Waals surface area contributed by atoms with Gasteiger partial charge in [-0.1, -0.05) is 6.07 Å². The second-order valence-corrected chi connectivity index (χ2v) is 6.01. The molecule has 1 fully saturated rings. The Morgan fingerprint density at radius 3 is 3.12 bits per heavy atom. The summed E-state index contributed by atoms with van der Waals surface area (Å²) in [6, 6.07) is 5.89. The molecule has 1 aliphatic rings. The predicted octanol–water partition coefficient (Wildman–Crippen LogP) is 1.62. The molecule has 1 amide bonds. The number of H-pyrrole nitrogens is 1. The van der Waals surface area contributed by atoms with Crippen molar-refractivity contribution in [1.82, 2.24) is 20.1 Å². The van der Waals surface area contributed by atoms with Crippen LogP contribution in [0.5, 0.6) is 5.75 Å². The number of aromatic nitrogens is 3. The molecule has 1 aliphatic heterocycles. The van der Waals surface area contributed by atoms with Crippen molar-refractivity contribution in [2.45, 2.75) is 12.1 Å². The lowest BCUT2D eigenvalue weighted by Crippen LogP contribution is -2.45. The summed E-state index contributed by atoms with van der Waals surface area (Å²) in [6.45, 7) is 0.729. The number of carbonyl (C=O) groups excluding carboxylic acids is 1. The van der Waals surface area contributed by atoms with Crippen LogP contribution in [-0.2, 0) is 11.8 Å². The molecule has 4 rings (SSSR count). The Bertz CT molecular complexity index is 920. The summed E-state index contributed by atoms with van der Waals surface area (Å²) in [5, 5.41) is 7.32. The number of amides is 1. The van der Waals surface area contributed by atoms with Crippen molar-refractivity contribution in [2.24, 2.45) is 7.05 Å². The molecule has 2 atom stereocenters. The van der Waals surface area contributed by atoms with Gasteiger partial charge in [-0.15, -0.1) is 0 Å². The zero-order valence-electron chi connectivity index (χ0n) is 13.5. The van der Waals surface area contributed by atoms with Crippen LogP contribution in [0, 0.1) is 5.82 Å². The number of aryl methyl sites for hydroxylation is 1. The van der Waals surface area contributed by atoms with E-state index in [1.807, 2.05) is 0 Å². The van der Waals surface area contributed by atoms with E-state index in [1.54, 1.807) is 36.3 Å². The standard InChI is InChI=1S/C17H17FN4O3/c1-22-7-10(6-19-22)25-16-9-24-8-15(16)21-17(23)14-5-11-12(18)3-2-4-13(11)20-14/h2-7,15-16,20H,8-9H2,1H3,(H,21,23)/t15-,16+/m0/s1. The Kier molecular flexibility index (Phi) is 3.89. The molecule has 2 aromatic heterocycles. The minimum Gasteiger partial charge on any atom is -0.482 e. The van der Waals surface area contributed by atoms with Crippen molar-refractivity contribution in [3.63, 3.8) is 0 Å². The van der Waals surface area contributed by atoms with Crippen LogP contribution in [0.25, 0.3) is 10.9 Å². The summed E-state index contributed by atoms with van der Waals surface area (Å²) in [5.74, 6) is -0.0781. The first-order valence-corrected chi connectivity index (χ1v) is 7.91. The Morgan fingerprint density at radius 1 is 1.48 bits per heavy atom. The molecule has 0 radical (unpaired) electrons. The first-order valence-electron chi connectivity index (χ1n) is 7.91. The molecule has 130 valence electrons. The molecular weight excluding hydrogens is 327 g/mol. The number of nitrogens with zero attached hydrogens (tertiary/aromatic N) is 2. The summed E-state index contributed by atoms with van der Waals surface area (Å²) in [4.78, 5) is 15.4. The highest BCUT2D eigenvalue weighted by Crippen LogP contribution is 2.20. The predicted molar refractivity (Wildman–Crippen MR) is 88.0 cm³/mol. The number of carbonyl (C=O) groups is 1. The topological polar surface area (TPSA) is 81.2 Å². The molecule has 0 aliphatic carbocycles. The van der Waals surface area contributed by atoms with Gasteiger partial charge in [0.15, 0.2) is 5.75 Å². The largest absolute Gasteiger partial charge is 0.482 e. The highest BCUT2D eigenvalue weighted by Gasteiger charge is 2.32. The van der Waals surface area contributed by atoms with Crippen molar-refractivity contribution in [3.05, 3.63) is 48.2 Å². The van der Waals surface area contributed by atoms with Gasteiger partial charge in [-0.2, -0.15) is 5.10 Å². The molecule has 0 spiro atoms. The van der Waals surface area contributed by atoms with Crippen LogP contribution in [0.3, 0.4) is 0 Å². The summed E-state index contributed by atoms with van der Waals surface area (Å²) >= 11 is 0. The fourth-order valence-electron chi connectivity index (χ4n) is 2.91. The zero-order valence-corrected chi connectivity index (χ0v) is 13.5. The van der Waals surface area contributed by atoms with Crippen molar-refractivity contribution < 1.29 is 18.7 Å². The molecule has 1 saturated heterocycles. The number of halogens is 1. The van der Waals surface area contributed by atoms with Crippen LogP contribution < -0.4 is 10.1 Å². The second-order valence-electron chi connectivity index (χ2n) is 6.01. The van der Waals surface area contributed by atoms with Gasteiger partial charge >= 0.3 is 0 Å². The lowest BCUT2D eigenvalue weighted by Gasteiger charge is -2.19. The van der Waals surface area contributed by atoms with Crippen molar-refractivity contribution >= 4 is 16.8 Å². The number of hydrogen-bond donors (Lipinski definition) is 2. The van der Waals surface area contributed by atoms with Gasteiger partial charge in [0.1, 0.15) is 17.6 Å². The molecule has 25 heavy (non-hydrogen) atoms. The quantitative estimate of drug-likeness (QED) is 0.754. The Labute approximate surface area is 142 Å². The Balaban J connectivity index is 1.47. The molecular formula is C17H17FN4O3. The SMILES string of the molecule is Cn1cc(O[C@@H]2COC[C@@H]2NC(=O)c2cc3c(F)cccc3[nH]2)cn1. The maximum atomic E-state index is 13.8. The first kappa shape index (κ1) is 15.6. The van der Waals surface area contributed by atoms with Gasteiger partial charge in [0.25, 0.3) is 5.91 Å². The highest BCUT2D eigenvalue weighted by molar-refractivity contribution is 5.98. The highest BCUT2D eigenvalue weighted by atomic mass is 19.1. The fourth-order valence-corrected chi connectivity index (χ4v) is 2.91. The summed E-state index contributed by atoms with van der Waals surface area (Å²) in [7, 11) is 1.80. The third-order valence-electron chi connectivity index (χ3n) is 4.17. The maximum Gasteiger partial charge on any atom is 0.268 e. The molecule has 2 N–H and O–H groups in total. The van der Waals surface area contributed by atoms with E-state index < -0.39 is 0 Å². The van der Waals surface area contributed by atoms with Crippen molar-refractivity contribution in [1.29, 1.82) is 0 Å². The number of ether oxygens (including phenoxy) is 2. The molecule has 0 saturated carbocycles. The maximum absolute atomic E-state index is 13.8. The molecule has 0 bridgehead atoms. The van der Waals surface area contributed by atoms with Crippen LogP contribution in [0.1, 0.15) is 10.5 Å². The summed E-state index contributed by atoms with van der Waals surface area (Å²) in [6.07, 6.45) is 3.05. The molecule has 0 unspecified atom stereocenters. The Hall–Kier alpha value is -2.87. The average molecular weight is 344 g/mol. The number of rotatable bonds is 4. The van der Waals surface area contributed by atoms with Gasteiger partial charge < -0.3 is 19.8 Å². The molecule has 1 aromatic carbocycles. The van der Waals surface area contributed by atoms with E-state index in [0.717, 1.165) is 0 Å². The number of fused-ring (bicyclic) bond motifs is 1. The van der Waals surface area contributed by atoms with E-state index in [0.29, 0.717) is 35.6 Å². The van der Waals surface area contributed by atoms with E-state index >= 15 is 0 Å². The fraction of sp³-hybridized carbons (Fsp3) is 0.294. The minimum atomic E-state index is -0.366. The van der Waals surface area contributed by atoms with Gasteiger partial charge in [-0.25, -0.2) is 4.39 Å². The van der Waals surface area contributed by atoms with Gasteiger partial charge in [0.05, 0.1) is 31.6 Å². The third kappa shape index (κ3) is 3.08. The van der Waals surface area contributed by atoms with E-state index in [2.05, 4.69) is 15.4 Å². The van der Waals surface area contributed by atoms with Crippen LogP contribution in [-0.4, -0.2) is 46.0 Å². The summed E-state index contributed by atoms with van der Waals surface area (Å²) < 4.78 is 26.7. The summed E-state index contributed by atoms with van der Waals surface area (Å²) in [5.41, 5.74) is 0.878. The average Bonchev–Trinajstić information content (AvgIpc) is 3.29. The lowest BCUT2D eigenvalue weighted by atomic mass is 10.2. The van der Waals surface area contributed by atoms with Gasteiger partial charge in [0.2, 0.25) is 0 Å². The smallest absolute Gasteiger partial charge is 0.268 e. The first-order chi connectivity index (χ1) is 12.1. The molecule has 3 aromatic rings. The minimum absolute atomic E-state index is 0.298. The van der Waals surface area contributed by atoms with E-state index in [4.69, 9.17) is 9.47 Å². The van der Waals surface area contributed by atoms with Crippen LogP contribution in [0.2, 0.25) is 0 Å². The van der Waals surface area contributed by atoms with Crippen LogP contribution in [0.4, 0.5) is 4.39 Å². The zero-order chi connectivity index (χ0) is 17.4. The normalized spacial score (nSPS) is 20.1. The van der Waals surface area contributed by atoms with Crippen molar-refractivity contribution in [2.75, 3.05) is 13.2 Å². The molecule has 7 nitrogen and oxygen atoms in total. The van der Waals surface area contributed by atoms with E-state index in [-0.39, 0.29) is 23.9 Å². The van der Waals surface area contributed by atoms with E-state index in [9.17, 15) is 9.18 Å². The monoisotopic (exact) mass is 344 g/mol. The number of aromatic amines is 1. The van der Waals surface area contributed by atoms with Gasteiger partial charge in [0, 0.05) is 18.0 Å². The number of hydrogen-bond acceptors (Lipinski definition) is 4. The van der Waals surface area contributed by atoms with Gasteiger partial charge in [-0.3, -0.25) is 9.48 Å². The van der Waals surface area contributed by atoms with Crippen LogP contribution >= 0.6 is 0 Å². The number of nitrogens with one attached hydrogen (secondary N) is 2. The lowest BCUT2D eigenvalue weighted by molar-refractivity contribution is 0.0900. The van der Waals surface area contributed by atoms with Gasteiger partial charge in [-0.05, 0) is 18.2 Å². The molecule has 3 heterocycles. The van der Waals surface area contributed by atoms with E-state index in [1.165, 1.54) is 12.1 Å².